The first-order valence-electron chi connectivity index (χ1n) is 25.9. The van der Waals surface area contributed by atoms with Crippen LogP contribution in [0.4, 0.5) is 5.69 Å². The molecule has 0 radical (unpaired) electrons. The summed E-state index contributed by atoms with van der Waals surface area (Å²) < 4.78 is 17.2. The van der Waals surface area contributed by atoms with Crippen LogP contribution in [0, 0.1) is 0 Å². The van der Waals surface area contributed by atoms with Gasteiger partial charge in [-0.1, -0.05) is 162 Å². The van der Waals surface area contributed by atoms with E-state index in [-0.39, 0.29) is 36.5 Å². The molecule has 62 heavy (non-hydrogen) atoms. The van der Waals surface area contributed by atoms with E-state index in [1.807, 2.05) is 0 Å². The lowest BCUT2D eigenvalue weighted by atomic mass is 10.0. The number of nitrogens with one attached hydrogen (secondary N) is 1. The molecule has 0 aliphatic rings. The summed E-state index contributed by atoms with van der Waals surface area (Å²) in [5.74, 6) is -0.656. The van der Waals surface area contributed by atoms with E-state index in [1.165, 1.54) is 116 Å². The van der Waals surface area contributed by atoms with Crippen LogP contribution in [-0.2, 0) is 28.6 Å². The van der Waals surface area contributed by atoms with E-state index in [9.17, 15) is 19.2 Å². The minimum Gasteiger partial charge on any atom is -0.466 e. The van der Waals surface area contributed by atoms with Crippen molar-refractivity contribution >= 4 is 29.5 Å². The lowest BCUT2D eigenvalue weighted by Gasteiger charge is -2.22. The summed E-state index contributed by atoms with van der Waals surface area (Å²) in [4.78, 5) is 51.6. The molecular weight excluding hydrogens is 777 g/mol. The van der Waals surface area contributed by atoms with Gasteiger partial charge in [0.25, 0.3) is 0 Å². The zero-order chi connectivity index (χ0) is 45.1. The van der Waals surface area contributed by atoms with Gasteiger partial charge in [-0.2, -0.15) is 0 Å². The zero-order valence-electron chi connectivity index (χ0n) is 40.6. The van der Waals surface area contributed by atoms with Crippen molar-refractivity contribution < 1.29 is 33.4 Å². The molecule has 0 saturated heterocycles. The number of hydrogen-bond acceptors (Lipinski definition) is 8. The number of rotatable bonds is 44. The fourth-order valence-electron chi connectivity index (χ4n) is 7.98. The number of benzene rings is 1. The monoisotopic (exact) mass is 871 g/mol. The van der Waals surface area contributed by atoms with Crippen molar-refractivity contribution in [2.45, 2.75) is 246 Å². The van der Waals surface area contributed by atoms with Gasteiger partial charge in [-0.05, 0) is 95.1 Å². The Balaban J connectivity index is 2.45. The predicted octanol–water partition coefficient (Wildman–Crippen LogP) is 14.5. The lowest BCUT2D eigenvalue weighted by Crippen LogP contribution is -2.30. The number of amides is 1. The van der Waals surface area contributed by atoms with Crippen LogP contribution in [0.3, 0.4) is 0 Å². The first-order chi connectivity index (χ1) is 30.3. The Morgan fingerprint density at radius 1 is 0.484 bits per heavy atom. The van der Waals surface area contributed by atoms with Crippen LogP contribution in [0.25, 0.3) is 0 Å². The van der Waals surface area contributed by atoms with Gasteiger partial charge < -0.3 is 19.5 Å². The Morgan fingerprint density at radius 3 is 1.44 bits per heavy atom. The van der Waals surface area contributed by atoms with E-state index < -0.39 is 0 Å². The minimum atomic E-state index is -0.380. The maximum atomic E-state index is 12.9. The SMILES string of the molecule is CCCCCCCCCCCOC(=O)CCCCCN(CCCCCCCC(=O)OC(CCCCCCCC)CCCCCCCC)CCOC(=O)c1ccc(NC(C)=O)cc1. The van der Waals surface area contributed by atoms with Gasteiger partial charge in [-0.25, -0.2) is 4.79 Å². The van der Waals surface area contributed by atoms with Crippen LogP contribution in [0.1, 0.15) is 250 Å². The second kappa shape index (κ2) is 42.0. The maximum absolute atomic E-state index is 12.9. The highest BCUT2D eigenvalue weighted by molar-refractivity contribution is 5.92. The summed E-state index contributed by atoms with van der Waals surface area (Å²) in [5.41, 5.74) is 1.09. The lowest BCUT2D eigenvalue weighted by molar-refractivity contribution is -0.150. The summed E-state index contributed by atoms with van der Waals surface area (Å²) in [7, 11) is 0. The Labute approximate surface area is 380 Å². The maximum Gasteiger partial charge on any atom is 0.338 e. The second-order valence-corrected chi connectivity index (χ2v) is 17.8. The fourth-order valence-corrected chi connectivity index (χ4v) is 7.98. The Bertz CT molecular complexity index is 1210. The van der Waals surface area contributed by atoms with E-state index in [0.717, 1.165) is 103 Å². The van der Waals surface area contributed by atoms with Gasteiger partial charge in [0.15, 0.2) is 0 Å². The first kappa shape index (κ1) is 57.1. The normalized spacial score (nSPS) is 11.3. The summed E-state index contributed by atoms with van der Waals surface area (Å²) >= 11 is 0. The summed E-state index contributed by atoms with van der Waals surface area (Å²) in [5, 5.41) is 2.71. The third kappa shape index (κ3) is 35.5. The van der Waals surface area contributed by atoms with Crippen LogP contribution in [-0.4, -0.2) is 67.7 Å². The Morgan fingerprint density at radius 2 is 0.919 bits per heavy atom. The summed E-state index contributed by atoms with van der Waals surface area (Å²) in [6, 6.07) is 6.73. The van der Waals surface area contributed by atoms with Crippen molar-refractivity contribution in [2.24, 2.45) is 0 Å². The molecule has 0 unspecified atom stereocenters. The summed E-state index contributed by atoms with van der Waals surface area (Å²) in [6.07, 6.45) is 37.2. The smallest absolute Gasteiger partial charge is 0.338 e. The van der Waals surface area contributed by atoms with Crippen molar-refractivity contribution in [3.05, 3.63) is 29.8 Å². The standard InChI is InChI=1S/C53H94N2O7/c1-5-8-11-14-17-18-19-25-33-45-60-51(57)36-30-26-32-43-55(44-46-61-53(59)48-38-40-49(41-39-48)54-47(4)56)42-31-24-20-23-29-37-52(58)62-50(34-27-21-15-12-9-6-2)35-28-22-16-13-10-7-3/h38-41,50H,5-37,42-46H2,1-4H3,(H,54,56). The van der Waals surface area contributed by atoms with E-state index in [1.54, 1.807) is 24.3 Å². The van der Waals surface area contributed by atoms with Gasteiger partial charge in [-0.3, -0.25) is 19.3 Å². The van der Waals surface area contributed by atoms with Crippen LogP contribution in [0.5, 0.6) is 0 Å². The molecule has 1 aromatic rings. The molecule has 1 amide bonds. The highest BCUT2D eigenvalue weighted by atomic mass is 16.5. The van der Waals surface area contributed by atoms with Crippen molar-refractivity contribution in [3.8, 4) is 0 Å². The van der Waals surface area contributed by atoms with Crippen LogP contribution in [0.15, 0.2) is 24.3 Å². The average Bonchev–Trinajstić information content (AvgIpc) is 3.25. The molecule has 1 aromatic carbocycles. The van der Waals surface area contributed by atoms with Crippen molar-refractivity contribution in [2.75, 3.05) is 38.2 Å². The van der Waals surface area contributed by atoms with Gasteiger partial charge in [-0.15, -0.1) is 0 Å². The number of carbonyl (C=O) groups excluding carboxylic acids is 4. The fraction of sp³-hybridized carbons (Fsp3) is 0.811. The predicted molar refractivity (Wildman–Crippen MR) is 258 cm³/mol. The molecule has 1 N–H and O–H groups in total. The van der Waals surface area contributed by atoms with Gasteiger partial charge >= 0.3 is 17.9 Å². The highest BCUT2D eigenvalue weighted by Gasteiger charge is 2.15. The molecule has 358 valence electrons. The molecule has 0 aliphatic heterocycles. The number of carbonyl (C=O) groups is 4. The van der Waals surface area contributed by atoms with Crippen LogP contribution < -0.4 is 5.32 Å². The molecule has 0 aromatic heterocycles. The van der Waals surface area contributed by atoms with Gasteiger partial charge in [0.2, 0.25) is 5.91 Å². The number of hydrogen-bond donors (Lipinski definition) is 1. The Kier molecular flexibility index (Phi) is 38.7. The number of ether oxygens (including phenoxy) is 3. The average molecular weight is 871 g/mol. The molecule has 0 saturated carbocycles. The van der Waals surface area contributed by atoms with Crippen LogP contribution >= 0.6 is 0 Å². The molecule has 0 bridgehead atoms. The quantitative estimate of drug-likeness (QED) is 0.0392. The molecule has 9 heteroatoms. The molecule has 0 aliphatic carbocycles. The molecule has 0 heterocycles. The molecule has 0 fully saturated rings. The number of unbranched alkanes of at least 4 members (excludes halogenated alkanes) is 24. The minimum absolute atomic E-state index is 0.0246. The van der Waals surface area contributed by atoms with Crippen molar-refractivity contribution in [1.82, 2.24) is 4.90 Å². The third-order valence-corrected chi connectivity index (χ3v) is 11.9. The second-order valence-electron chi connectivity index (χ2n) is 17.8. The van der Waals surface area contributed by atoms with E-state index in [0.29, 0.717) is 37.2 Å². The molecule has 1 rings (SSSR count). The van der Waals surface area contributed by atoms with Crippen LogP contribution in [0.2, 0.25) is 0 Å². The van der Waals surface area contributed by atoms with Gasteiger partial charge in [0.1, 0.15) is 12.7 Å². The molecule has 9 nitrogen and oxygen atoms in total. The van der Waals surface area contributed by atoms with Crippen molar-refractivity contribution in [3.63, 3.8) is 0 Å². The van der Waals surface area contributed by atoms with E-state index >= 15 is 0 Å². The van der Waals surface area contributed by atoms with E-state index in [4.69, 9.17) is 14.2 Å². The zero-order valence-corrected chi connectivity index (χ0v) is 40.6. The number of anilines is 1. The highest BCUT2D eigenvalue weighted by Crippen LogP contribution is 2.19. The van der Waals surface area contributed by atoms with Crippen molar-refractivity contribution in [1.29, 1.82) is 0 Å². The Hall–Kier alpha value is -2.94. The summed E-state index contributed by atoms with van der Waals surface area (Å²) in [6.45, 7) is 11.4. The molecular formula is C53H94N2O7. The number of nitrogens with zero attached hydrogens (tertiary/aromatic N) is 1. The molecule has 0 atom stereocenters. The van der Waals surface area contributed by atoms with Gasteiger partial charge in [0.05, 0.1) is 12.2 Å². The van der Waals surface area contributed by atoms with E-state index in [2.05, 4.69) is 31.0 Å². The number of esters is 3. The largest absolute Gasteiger partial charge is 0.466 e. The third-order valence-electron chi connectivity index (χ3n) is 11.9. The topological polar surface area (TPSA) is 111 Å². The van der Waals surface area contributed by atoms with Gasteiger partial charge in [0, 0.05) is 32.0 Å². The first-order valence-corrected chi connectivity index (χ1v) is 25.9. The molecule has 0 spiro atoms.